The maximum atomic E-state index is 12.2. The second-order valence-corrected chi connectivity index (χ2v) is 6.02. The van der Waals surface area contributed by atoms with E-state index in [4.69, 9.17) is 8.85 Å². The Morgan fingerprint density at radius 1 is 1.45 bits per heavy atom. The highest BCUT2D eigenvalue weighted by molar-refractivity contribution is 9.10. The van der Waals surface area contributed by atoms with Crippen LogP contribution in [-0.2, 0) is 4.74 Å². The van der Waals surface area contributed by atoms with Gasteiger partial charge in [0.05, 0.1) is 18.3 Å². The summed E-state index contributed by atoms with van der Waals surface area (Å²) < 4.78 is 27.5. The molecular formula is C17H16BrNO3. The van der Waals surface area contributed by atoms with Crippen molar-refractivity contribution in [2.45, 2.75) is 12.0 Å². The average molecular weight is 365 g/mol. The van der Waals surface area contributed by atoms with Gasteiger partial charge >= 0.3 is 0 Å². The zero-order chi connectivity index (χ0) is 18.2. The minimum Gasteiger partial charge on any atom is -0.507 e. The highest BCUT2D eigenvalue weighted by Crippen LogP contribution is 2.42. The third kappa shape index (κ3) is 2.87. The lowest BCUT2D eigenvalue weighted by atomic mass is 9.87. The maximum Gasteiger partial charge on any atom is 0.254 e. The zero-order valence-corrected chi connectivity index (χ0v) is 13.1. The first-order valence-electron chi connectivity index (χ1n) is 8.28. The first-order valence-corrected chi connectivity index (χ1v) is 7.57. The molecule has 2 atom stereocenters. The van der Waals surface area contributed by atoms with Gasteiger partial charge < -0.3 is 15.2 Å². The summed E-state index contributed by atoms with van der Waals surface area (Å²) in [6.45, 7) is -2.08. The lowest BCUT2D eigenvalue weighted by Gasteiger charge is -2.19. The summed E-state index contributed by atoms with van der Waals surface area (Å²) in [6, 6.07) is 12.6. The van der Waals surface area contributed by atoms with Crippen LogP contribution < -0.4 is 5.32 Å². The average Bonchev–Trinajstić information content (AvgIpc) is 3.35. The molecule has 1 aliphatic rings. The maximum absolute atomic E-state index is 12.2. The molecule has 1 heterocycles. The van der Waals surface area contributed by atoms with Crippen molar-refractivity contribution in [3.05, 3.63) is 63.6 Å². The zero-order valence-electron chi connectivity index (χ0n) is 14.5. The number of rotatable bonds is 4. The fraction of sp³-hybridized carbons (Fsp3) is 0.235. The number of hydrogen-bond acceptors (Lipinski definition) is 3. The highest BCUT2D eigenvalue weighted by Gasteiger charge is 2.37. The Morgan fingerprint density at radius 2 is 2.18 bits per heavy atom. The second kappa shape index (κ2) is 6.10. The lowest BCUT2D eigenvalue weighted by molar-refractivity contribution is 0.0960. The molecule has 0 spiro atoms. The third-order valence-corrected chi connectivity index (χ3v) is 4.14. The number of phenolic OH excluding ortho intramolecular Hbond substituents is 1. The van der Waals surface area contributed by atoms with Crippen molar-refractivity contribution >= 4 is 21.8 Å². The third-order valence-electron chi connectivity index (χ3n) is 3.69. The van der Waals surface area contributed by atoms with Crippen LogP contribution in [0.4, 0.5) is 0 Å². The molecule has 0 aromatic heterocycles. The van der Waals surface area contributed by atoms with E-state index in [1.807, 2.05) is 35.6 Å². The Kier molecular flexibility index (Phi) is 3.24. The number of carbonyl (C=O) groups is 1. The Balaban J connectivity index is 2.05. The summed E-state index contributed by atoms with van der Waals surface area (Å²) in [4.78, 5) is 12.2. The smallest absolute Gasteiger partial charge is 0.254 e. The molecule has 2 unspecified atom stereocenters. The van der Waals surface area contributed by atoms with Crippen molar-refractivity contribution < 1.29 is 18.8 Å². The Hall–Kier alpha value is -1.85. The van der Waals surface area contributed by atoms with Gasteiger partial charge in [0.15, 0.2) is 0 Å². The van der Waals surface area contributed by atoms with Crippen molar-refractivity contribution in [3.63, 3.8) is 0 Å². The summed E-state index contributed by atoms with van der Waals surface area (Å²) in [5, 5.41) is 12.6. The van der Waals surface area contributed by atoms with Crippen LogP contribution in [0.1, 0.15) is 31.5 Å². The van der Waals surface area contributed by atoms with Crippen molar-refractivity contribution in [1.82, 2.24) is 5.32 Å². The van der Waals surface area contributed by atoms with Gasteiger partial charge in [-0.1, -0.05) is 46.3 Å². The van der Waals surface area contributed by atoms with E-state index in [2.05, 4.69) is 15.9 Å². The van der Waals surface area contributed by atoms with E-state index in [0.29, 0.717) is 16.6 Å². The fourth-order valence-electron chi connectivity index (χ4n) is 2.60. The molecule has 114 valence electrons. The number of phenols is 1. The van der Waals surface area contributed by atoms with Crippen LogP contribution in [0.15, 0.2) is 46.9 Å². The predicted molar refractivity (Wildman–Crippen MR) is 87.2 cm³/mol. The molecule has 0 radical (unpaired) electrons. The molecule has 5 heteroatoms. The summed E-state index contributed by atoms with van der Waals surface area (Å²) in [5.41, 5.74) is 1.36. The van der Waals surface area contributed by atoms with Gasteiger partial charge in [-0.3, -0.25) is 4.79 Å². The molecule has 2 aromatic carbocycles. The molecule has 1 aliphatic heterocycles. The van der Waals surface area contributed by atoms with Crippen LogP contribution in [0.2, 0.25) is 0 Å². The minimum absolute atomic E-state index is 0.0953. The summed E-state index contributed by atoms with van der Waals surface area (Å²) in [7, 11) is 0. The van der Waals surface area contributed by atoms with E-state index < -0.39 is 12.9 Å². The Labute approximate surface area is 141 Å². The Bertz CT molecular complexity index is 792. The van der Waals surface area contributed by atoms with Crippen LogP contribution in [0.25, 0.3) is 0 Å². The Morgan fingerprint density at radius 3 is 2.82 bits per heavy atom. The molecule has 0 bridgehead atoms. The van der Waals surface area contributed by atoms with Crippen LogP contribution in [0.3, 0.4) is 0 Å². The fourth-order valence-corrected chi connectivity index (χ4v) is 3.08. The molecule has 1 fully saturated rings. The molecule has 2 aromatic rings. The van der Waals surface area contributed by atoms with E-state index in [1.54, 1.807) is 6.07 Å². The summed E-state index contributed by atoms with van der Waals surface area (Å²) in [5.74, 6) is -1.35. The predicted octanol–water partition coefficient (Wildman–Crippen LogP) is 3.05. The van der Waals surface area contributed by atoms with Gasteiger partial charge in [0, 0.05) is 27.0 Å². The standard InChI is InChI=1S/C17H16BrNO3/c1-19-17(21)13-8-11(18)7-12(16(13)20)15(14-9-22-14)10-5-3-2-4-6-10/h2-8,14-15,20H,9H2,1H3,(H,19,21)/i1D3. The van der Waals surface area contributed by atoms with Crippen molar-refractivity contribution in [1.29, 1.82) is 0 Å². The number of epoxide rings is 1. The van der Waals surface area contributed by atoms with Gasteiger partial charge in [0.25, 0.3) is 5.91 Å². The number of halogens is 1. The molecule has 2 N–H and O–H groups in total. The topological polar surface area (TPSA) is 61.9 Å². The van der Waals surface area contributed by atoms with Gasteiger partial charge in [-0.15, -0.1) is 0 Å². The minimum atomic E-state index is -2.63. The second-order valence-electron chi connectivity index (χ2n) is 5.11. The molecule has 1 amide bonds. The van der Waals surface area contributed by atoms with E-state index >= 15 is 0 Å². The highest BCUT2D eigenvalue weighted by atomic mass is 79.9. The normalized spacial score (nSPS) is 20.4. The monoisotopic (exact) mass is 364 g/mol. The largest absolute Gasteiger partial charge is 0.507 e. The first-order chi connectivity index (χ1) is 11.8. The van der Waals surface area contributed by atoms with Gasteiger partial charge in [0.1, 0.15) is 5.75 Å². The molecule has 22 heavy (non-hydrogen) atoms. The first kappa shape index (κ1) is 11.7. The number of amides is 1. The quantitative estimate of drug-likeness (QED) is 0.819. The van der Waals surface area contributed by atoms with E-state index in [-0.39, 0.29) is 23.3 Å². The molecule has 3 rings (SSSR count). The van der Waals surface area contributed by atoms with Crippen LogP contribution in [-0.4, -0.2) is 30.7 Å². The summed E-state index contributed by atoms with van der Waals surface area (Å²) >= 11 is 3.33. The SMILES string of the molecule is [2H]C([2H])([2H])NC(=O)c1cc(Br)cc(C(c2ccccc2)C2CO2)c1O. The van der Waals surface area contributed by atoms with Crippen LogP contribution in [0, 0.1) is 0 Å². The number of benzene rings is 2. The van der Waals surface area contributed by atoms with E-state index in [1.165, 1.54) is 6.07 Å². The number of ether oxygens (including phenoxy) is 1. The van der Waals surface area contributed by atoms with Crippen LogP contribution >= 0.6 is 15.9 Å². The van der Waals surface area contributed by atoms with E-state index in [9.17, 15) is 9.90 Å². The molecule has 4 nitrogen and oxygen atoms in total. The number of hydrogen-bond donors (Lipinski definition) is 2. The summed E-state index contributed by atoms with van der Waals surface area (Å²) in [6.07, 6.45) is -0.0962. The van der Waals surface area contributed by atoms with E-state index in [0.717, 1.165) is 5.56 Å². The van der Waals surface area contributed by atoms with Gasteiger partial charge in [-0.05, 0) is 17.7 Å². The number of aromatic hydroxyl groups is 1. The van der Waals surface area contributed by atoms with Crippen molar-refractivity contribution in [2.24, 2.45) is 0 Å². The molecular weight excluding hydrogens is 346 g/mol. The molecule has 1 saturated heterocycles. The number of carbonyl (C=O) groups excluding carboxylic acids is 1. The van der Waals surface area contributed by atoms with Gasteiger partial charge in [0.2, 0.25) is 0 Å². The van der Waals surface area contributed by atoms with Crippen molar-refractivity contribution in [2.75, 3.05) is 13.6 Å². The van der Waals surface area contributed by atoms with Crippen LogP contribution in [0.5, 0.6) is 5.75 Å². The van der Waals surface area contributed by atoms with Crippen molar-refractivity contribution in [3.8, 4) is 5.75 Å². The molecule has 0 aliphatic carbocycles. The number of nitrogens with one attached hydrogen (secondary N) is 1. The molecule has 0 saturated carbocycles. The van der Waals surface area contributed by atoms with Gasteiger partial charge in [-0.2, -0.15) is 0 Å². The van der Waals surface area contributed by atoms with Gasteiger partial charge in [-0.25, -0.2) is 0 Å². The lowest BCUT2D eigenvalue weighted by Crippen LogP contribution is -2.19.